The lowest BCUT2D eigenvalue weighted by Gasteiger charge is -2.13. The molecule has 0 fully saturated rings. The first-order valence-electron chi connectivity index (χ1n) is 10.2. The Balaban J connectivity index is 1.34. The van der Waals surface area contributed by atoms with Gasteiger partial charge >= 0.3 is 0 Å². The highest BCUT2D eigenvalue weighted by atomic mass is 15.1. The summed E-state index contributed by atoms with van der Waals surface area (Å²) < 4.78 is 0. The second-order valence-electron chi connectivity index (χ2n) is 7.38. The van der Waals surface area contributed by atoms with Crippen LogP contribution in [0.3, 0.4) is 0 Å². The summed E-state index contributed by atoms with van der Waals surface area (Å²) >= 11 is 0. The topological polar surface area (TPSA) is 77.7 Å². The van der Waals surface area contributed by atoms with Gasteiger partial charge in [0.1, 0.15) is 5.82 Å². The number of H-pyrrole nitrogens is 1. The Bertz CT molecular complexity index is 1180. The Hall–Kier alpha value is -3.64. The van der Waals surface area contributed by atoms with E-state index in [2.05, 4.69) is 67.4 Å². The summed E-state index contributed by atoms with van der Waals surface area (Å²) in [5.74, 6) is 1.37. The fourth-order valence-electron chi connectivity index (χ4n) is 3.77. The van der Waals surface area contributed by atoms with Crippen molar-refractivity contribution in [3.63, 3.8) is 0 Å². The zero-order valence-electron chi connectivity index (χ0n) is 16.7. The molecule has 0 unspecified atom stereocenters. The van der Waals surface area contributed by atoms with Gasteiger partial charge in [-0.2, -0.15) is 4.98 Å². The zero-order valence-corrected chi connectivity index (χ0v) is 16.7. The summed E-state index contributed by atoms with van der Waals surface area (Å²) in [5.41, 5.74) is 5.98. The van der Waals surface area contributed by atoms with Gasteiger partial charge in [-0.1, -0.05) is 36.4 Å². The predicted molar refractivity (Wildman–Crippen MR) is 123 cm³/mol. The number of anilines is 3. The highest BCUT2D eigenvalue weighted by Gasteiger charge is 2.12. The smallest absolute Gasteiger partial charge is 0.229 e. The molecule has 6 nitrogen and oxygen atoms in total. The van der Waals surface area contributed by atoms with Gasteiger partial charge in [0, 0.05) is 47.6 Å². The van der Waals surface area contributed by atoms with Crippen molar-refractivity contribution in [3.05, 3.63) is 84.2 Å². The van der Waals surface area contributed by atoms with E-state index in [9.17, 15) is 0 Å². The number of hydrogen-bond donors (Lipinski definition) is 4. The van der Waals surface area contributed by atoms with Crippen molar-refractivity contribution >= 4 is 33.9 Å². The normalized spacial score (nSPS) is 13.8. The van der Waals surface area contributed by atoms with E-state index in [4.69, 9.17) is 0 Å². The highest BCUT2D eigenvalue weighted by molar-refractivity contribution is 5.95. The summed E-state index contributed by atoms with van der Waals surface area (Å²) in [6.07, 6.45) is 7.19. The van der Waals surface area contributed by atoms with E-state index >= 15 is 0 Å². The fourth-order valence-corrected chi connectivity index (χ4v) is 3.77. The minimum atomic E-state index is 0.575. The fraction of sp³-hybridized carbons (Fsp3) is 0.167. The molecule has 2 aromatic carbocycles. The molecule has 4 N–H and O–H groups in total. The van der Waals surface area contributed by atoms with Crippen LogP contribution < -0.4 is 16.0 Å². The van der Waals surface area contributed by atoms with Crippen LogP contribution in [-0.2, 0) is 6.54 Å². The third kappa shape index (κ3) is 4.04. The molecule has 1 aliphatic heterocycles. The molecule has 0 aliphatic carbocycles. The third-order valence-corrected chi connectivity index (χ3v) is 5.32. The van der Waals surface area contributed by atoms with E-state index in [1.165, 1.54) is 22.1 Å². The molecular formula is C24H24N6. The van der Waals surface area contributed by atoms with Crippen molar-refractivity contribution in [1.29, 1.82) is 0 Å². The van der Waals surface area contributed by atoms with Crippen LogP contribution in [0.1, 0.15) is 17.5 Å². The quantitative estimate of drug-likeness (QED) is 0.380. The first-order chi connectivity index (χ1) is 14.8. The number of aromatic amines is 1. The van der Waals surface area contributed by atoms with Crippen LogP contribution in [0.15, 0.2) is 73.1 Å². The lowest BCUT2D eigenvalue weighted by molar-refractivity contribution is 0.739. The minimum absolute atomic E-state index is 0.575. The summed E-state index contributed by atoms with van der Waals surface area (Å²) in [7, 11) is 0. The highest BCUT2D eigenvalue weighted by Crippen LogP contribution is 2.30. The van der Waals surface area contributed by atoms with Crippen LogP contribution in [0.2, 0.25) is 0 Å². The summed E-state index contributed by atoms with van der Waals surface area (Å²) in [6, 6.07) is 18.5. The van der Waals surface area contributed by atoms with E-state index < -0.39 is 0 Å². The molecule has 3 heterocycles. The Morgan fingerprint density at radius 2 is 1.97 bits per heavy atom. The van der Waals surface area contributed by atoms with E-state index in [0.29, 0.717) is 5.95 Å². The molecule has 0 saturated carbocycles. The summed E-state index contributed by atoms with van der Waals surface area (Å²) in [6.45, 7) is 2.67. The monoisotopic (exact) mass is 396 g/mol. The SMILES string of the molecule is C1=C(c2c[nH]c3ccc(Nc4nccc(NCc5ccccc5)n4)cc23)CCNC1. The lowest BCUT2D eigenvalue weighted by Crippen LogP contribution is -2.19. The molecule has 30 heavy (non-hydrogen) atoms. The number of nitrogens with zero attached hydrogens (tertiary/aromatic N) is 2. The van der Waals surface area contributed by atoms with Gasteiger partial charge in [-0.05, 0) is 48.4 Å². The van der Waals surface area contributed by atoms with Crippen LogP contribution in [0.25, 0.3) is 16.5 Å². The molecular weight excluding hydrogens is 372 g/mol. The molecule has 1 aliphatic rings. The third-order valence-electron chi connectivity index (χ3n) is 5.32. The maximum Gasteiger partial charge on any atom is 0.229 e. The van der Waals surface area contributed by atoms with Gasteiger partial charge < -0.3 is 20.9 Å². The maximum absolute atomic E-state index is 4.60. The molecule has 0 saturated heterocycles. The van der Waals surface area contributed by atoms with E-state index in [-0.39, 0.29) is 0 Å². The molecule has 5 rings (SSSR count). The average Bonchev–Trinajstić information content (AvgIpc) is 3.23. The molecule has 4 aromatic rings. The predicted octanol–water partition coefficient (Wildman–Crippen LogP) is 4.69. The van der Waals surface area contributed by atoms with Crippen molar-refractivity contribution in [2.24, 2.45) is 0 Å². The first kappa shape index (κ1) is 18.4. The average molecular weight is 396 g/mol. The van der Waals surface area contributed by atoms with Gasteiger partial charge in [0.2, 0.25) is 5.95 Å². The Morgan fingerprint density at radius 3 is 2.83 bits per heavy atom. The first-order valence-corrected chi connectivity index (χ1v) is 10.2. The van der Waals surface area contributed by atoms with E-state index in [1.54, 1.807) is 6.20 Å². The molecule has 0 radical (unpaired) electrons. The van der Waals surface area contributed by atoms with Crippen molar-refractivity contribution in [3.8, 4) is 0 Å². The molecule has 150 valence electrons. The number of fused-ring (bicyclic) bond motifs is 1. The number of rotatable bonds is 6. The standard InChI is InChI=1S/C24H24N6/c1-2-4-17(5-3-1)15-28-23-10-13-26-24(30-23)29-19-6-7-22-20(14-19)21(16-27-22)18-8-11-25-12-9-18/h1-8,10,13-14,16,25,27H,9,11-12,15H2,(H2,26,28,29,30). The minimum Gasteiger partial charge on any atom is -0.366 e. The van der Waals surface area contributed by atoms with Gasteiger partial charge in [-0.15, -0.1) is 0 Å². The van der Waals surface area contributed by atoms with Gasteiger partial charge in [0.15, 0.2) is 0 Å². The van der Waals surface area contributed by atoms with Gasteiger partial charge in [-0.3, -0.25) is 0 Å². The van der Waals surface area contributed by atoms with Gasteiger partial charge in [-0.25, -0.2) is 4.98 Å². The van der Waals surface area contributed by atoms with Crippen LogP contribution in [-0.4, -0.2) is 28.0 Å². The Morgan fingerprint density at radius 1 is 1.03 bits per heavy atom. The van der Waals surface area contributed by atoms with Crippen LogP contribution >= 0.6 is 0 Å². The van der Waals surface area contributed by atoms with Crippen molar-refractivity contribution < 1.29 is 0 Å². The molecule has 0 bridgehead atoms. The molecule has 2 aromatic heterocycles. The maximum atomic E-state index is 4.60. The second-order valence-corrected chi connectivity index (χ2v) is 7.38. The lowest BCUT2D eigenvalue weighted by atomic mass is 9.99. The molecule has 6 heteroatoms. The molecule has 0 atom stereocenters. The second kappa shape index (κ2) is 8.39. The molecule has 0 amide bonds. The number of benzene rings is 2. The summed E-state index contributed by atoms with van der Waals surface area (Å²) in [5, 5.41) is 11.3. The van der Waals surface area contributed by atoms with Gasteiger partial charge in [0.05, 0.1) is 0 Å². The Kier molecular flexibility index (Phi) is 5.14. The van der Waals surface area contributed by atoms with Gasteiger partial charge in [0.25, 0.3) is 0 Å². The van der Waals surface area contributed by atoms with Crippen LogP contribution in [0.5, 0.6) is 0 Å². The Labute approximate surface area is 175 Å². The largest absolute Gasteiger partial charge is 0.366 e. The van der Waals surface area contributed by atoms with Crippen molar-refractivity contribution in [2.75, 3.05) is 23.7 Å². The zero-order chi connectivity index (χ0) is 20.2. The number of aromatic nitrogens is 3. The van der Waals surface area contributed by atoms with E-state index in [0.717, 1.165) is 43.1 Å². The molecule has 0 spiro atoms. The van der Waals surface area contributed by atoms with Crippen molar-refractivity contribution in [1.82, 2.24) is 20.3 Å². The number of hydrogen-bond acceptors (Lipinski definition) is 5. The van der Waals surface area contributed by atoms with Crippen LogP contribution in [0.4, 0.5) is 17.5 Å². The van der Waals surface area contributed by atoms with Crippen LogP contribution in [0, 0.1) is 0 Å². The number of nitrogens with one attached hydrogen (secondary N) is 4. The van der Waals surface area contributed by atoms with Crippen molar-refractivity contribution in [2.45, 2.75) is 13.0 Å². The summed E-state index contributed by atoms with van der Waals surface area (Å²) in [4.78, 5) is 12.4. The van der Waals surface area contributed by atoms with E-state index in [1.807, 2.05) is 30.3 Å².